The monoisotopic (exact) mass is 507 g/mol. The van der Waals surface area contributed by atoms with E-state index in [0.29, 0.717) is 38.3 Å². The molecular weight excluding hydrogens is 482 g/mol. The SMILES string of the molecule is CCOC(=O)N1CCc2c(sc(NC(=O)c3ccc(OCC)cc3)c2-c2nc3ccccc3s2)C1. The quantitative estimate of drug-likeness (QED) is 0.337. The molecule has 180 valence electrons. The Kier molecular flexibility index (Phi) is 6.70. The van der Waals surface area contributed by atoms with Crippen LogP contribution in [0.2, 0.25) is 0 Å². The molecule has 2 aromatic carbocycles. The molecule has 5 rings (SSSR count). The van der Waals surface area contributed by atoms with Crippen molar-refractivity contribution in [2.24, 2.45) is 0 Å². The van der Waals surface area contributed by atoms with Crippen molar-refractivity contribution in [1.82, 2.24) is 9.88 Å². The molecule has 35 heavy (non-hydrogen) atoms. The van der Waals surface area contributed by atoms with Crippen LogP contribution in [-0.4, -0.2) is 41.6 Å². The number of benzene rings is 2. The fraction of sp³-hybridized carbons (Fsp3) is 0.269. The van der Waals surface area contributed by atoms with E-state index in [0.717, 1.165) is 42.0 Å². The number of carbonyl (C=O) groups excluding carboxylic acids is 2. The molecule has 3 heterocycles. The number of ether oxygens (including phenoxy) is 2. The van der Waals surface area contributed by atoms with Crippen LogP contribution < -0.4 is 10.1 Å². The molecule has 7 nitrogen and oxygen atoms in total. The lowest BCUT2D eigenvalue weighted by Crippen LogP contribution is -2.35. The van der Waals surface area contributed by atoms with Gasteiger partial charge in [-0.05, 0) is 62.2 Å². The molecule has 0 radical (unpaired) electrons. The molecule has 0 saturated carbocycles. The van der Waals surface area contributed by atoms with Gasteiger partial charge in [0.05, 0.1) is 30.0 Å². The van der Waals surface area contributed by atoms with Gasteiger partial charge in [-0.25, -0.2) is 9.78 Å². The molecule has 1 aliphatic heterocycles. The van der Waals surface area contributed by atoms with Crippen LogP contribution in [0.5, 0.6) is 5.75 Å². The highest BCUT2D eigenvalue weighted by molar-refractivity contribution is 7.23. The Morgan fingerprint density at radius 3 is 2.60 bits per heavy atom. The number of nitrogens with one attached hydrogen (secondary N) is 1. The minimum Gasteiger partial charge on any atom is -0.494 e. The van der Waals surface area contributed by atoms with E-state index in [2.05, 4.69) is 11.4 Å². The molecule has 4 aromatic rings. The zero-order valence-corrected chi connectivity index (χ0v) is 21.1. The first-order valence-corrected chi connectivity index (χ1v) is 13.2. The van der Waals surface area contributed by atoms with Crippen molar-refractivity contribution in [3.63, 3.8) is 0 Å². The highest BCUT2D eigenvalue weighted by Crippen LogP contribution is 2.45. The molecule has 9 heteroatoms. The number of thiazole rings is 1. The second-order valence-corrected chi connectivity index (χ2v) is 10.1. The van der Waals surface area contributed by atoms with Crippen molar-refractivity contribution in [3.05, 3.63) is 64.5 Å². The maximum Gasteiger partial charge on any atom is 0.410 e. The summed E-state index contributed by atoms with van der Waals surface area (Å²) >= 11 is 3.11. The van der Waals surface area contributed by atoms with E-state index in [1.807, 2.05) is 25.1 Å². The molecule has 1 N–H and O–H groups in total. The summed E-state index contributed by atoms with van der Waals surface area (Å²) in [5.41, 5.74) is 3.56. The van der Waals surface area contributed by atoms with Crippen LogP contribution in [0.25, 0.3) is 20.8 Å². The van der Waals surface area contributed by atoms with Crippen LogP contribution in [0.4, 0.5) is 9.80 Å². The molecule has 0 atom stereocenters. The lowest BCUT2D eigenvalue weighted by atomic mass is 10.0. The number of rotatable bonds is 6. The number of carbonyl (C=O) groups is 2. The second kappa shape index (κ2) is 10.1. The van der Waals surface area contributed by atoms with Crippen LogP contribution in [0, 0.1) is 0 Å². The number of nitrogens with zero attached hydrogens (tertiary/aromatic N) is 2. The van der Waals surface area contributed by atoms with Gasteiger partial charge >= 0.3 is 6.09 Å². The van der Waals surface area contributed by atoms with Gasteiger partial charge in [0.25, 0.3) is 5.91 Å². The van der Waals surface area contributed by atoms with Gasteiger partial charge < -0.3 is 19.7 Å². The number of thiophene rings is 1. The zero-order valence-electron chi connectivity index (χ0n) is 19.5. The first-order chi connectivity index (χ1) is 17.1. The van der Waals surface area contributed by atoms with E-state index >= 15 is 0 Å². The summed E-state index contributed by atoms with van der Waals surface area (Å²) in [6, 6.07) is 15.1. The standard InChI is InChI=1S/C26H25N3O4S2/c1-3-32-17-11-9-16(10-12-17)23(30)28-25-22(24-27-19-7-5-6-8-20(19)34-24)18-13-14-29(15-21(18)35-25)26(31)33-4-2/h5-12H,3-4,13-15H2,1-2H3,(H,28,30). The van der Waals surface area contributed by atoms with Crippen molar-refractivity contribution in [3.8, 4) is 16.3 Å². The van der Waals surface area contributed by atoms with Crippen molar-refractivity contribution in [1.29, 1.82) is 0 Å². The summed E-state index contributed by atoms with van der Waals surface area (Å²) in [7, 11) is 0. The Labute approximate surface area is 211 Å². The fourth-order valence-corrected chi connectivity index (χ4v) is 6.48. The minimum atomic E-state index is -0.312. The van der Waals surface area contributed by atoms with Crippen molar-refractivity contribution in [2.75, 3.05) is 25.1 Å². The Bertz CT molecular complexity index is 1340. The number of hydrogen-bond donors (Lipinski definition) is 1. The van der Waals surface area contributed by atoms with E-state index in [-0.39, 0.29) is 12.0 Å². The third-order valence-corrected chi connectivity index (χ3v) is 7.93. The van der Waals surface area contributed by atoms with Crippen LogP contribution in [-0.2, 0) is 17.7 Å². The largest absolute Gasteiger partial charge is 0.494 e. The molecule has 2 amide bonds. The molecule has 0 fully saturated rings. The average molecular weight is 508 g/mol. The third kappa shape index (κ3) is 4.74. The average Bonchev–Trinajstić information content (AvgIpc) is 3.44. The van der Waals surface area contributed by atoms with Crippen LogP contribution >= 0.6 is 22.7 Å². The number of anilines is 1. The highest BCUT2D eigenvalue weighted by Gasteiger charge is 2.30. The lowest BCUT2D eigenvalue weighted by molar-refractivity contribution is 0.102. The van der Waals surface area contributed by atoms with Gasteiger partial charge in [-0.3, -0.25) is 4.79 Å². The van der Waals surface area contributed by atoms with Gasteiger partial charge in [-0.2, -0.15) is 0 Å². The zero-order chi connectivity index (χ0) is 24.4. The maximum atomic E-state index is 13.2. The molecule has 0 spiro atoms. The van der Waals surface area contributed by atoms with E-state index in [1.54, 1.807) is 47.4 Å². The van der Waals surface area contributed by atoms with E-state index < -0.39 is 0 Å². The fourth-order valence-electron chi connectivity index (χ4n) is 4.11. The van der Waals surface area contributed by atoms with Crippen LogP contribution in [0.3, 0.4) is 0 Å². The molecule has 0 unspecified atom stereocenters. The molecule has 0 saturated heterocycles. The van der Waals surface area contributed by atoms with E-state index in [9.17, 15) is 9.59 Å². The summed E-state index contributed by atoms with van der Waals surface area (Å²) < 4.78 is 11.8. The first-order valence-electron chi connectivity index (χ1n) is 11.5. The van der Waals surface area contributed by atoms with Crippen molar-refractivity contribution in [2.45, 2.75) is 26.8 Å². The van der Waals surface area contributed by atoms with Gasteiger partial charge in [0.2, 0.25) is 0 Å². The number of amides is 2. The number of fused-ring (bicyclic) bond motifs is 2. The van der Waals surface area contributed by atoms with Gasteiger partial charge in [0.1, 0.15) is 15.8 Å². The summed E-state index contributed by atoms with van der Waals surface area (Å²) in [5, 5.41) is 4.74. The van der Waals surface area contributed by atoms with E-state index in [4.69, 9.17) is 14.5 Å². The Morgan fingerprint density at radius 1 is 1.06 bits per heavy atom. The van der Waals surface area contributed by atoms with E-state index in [1.165, 1.54) is 11.3 Å². The molecule has 2 aromatic heterocycles. The van der Waals surface area contributed by atoms with Crippen LogP contribution in [0.15, 0.2) is 48.5 Å². The van der Waals surface area contributed by atoms with Crippen molar-refractivity contribution < 1.29 is 19.1 Å². The summed E-state index contributed by atoms with van der Waals surface area (Å²) in [4.78, 5) is 33.1. The van der Waals surface area contributed by atoms with Gasteiger partial charge in [0.15, 0.2) is 0 Å². The normalized spacial score (nSPS) is 12.9. The Morgan fingerprint density at radius 2 is 1.86 bits per heavy atom. The topological polar surface area (TPSA) is 80.8 Å². The van der Waals surface area contributed by atoms with Gasteiger partial charge in [-0.15, -0.1) is 22.7 Å². The summed E-state index contributed by atoms with van der Waals surface area (Å²) in [6.07, 6.45) is 0.363. The van der Waals surface area contributed by atoms with Crippen molar-refractivity contribution >= 4 is 49.9 Å². The number of hydrogen-bond acceptors (Lipinski definition) is 7. The number of aromatic nitrogens is 1. The third-order valence-electron chi connectivity index (χ3n) is 5.75. The van der Waals surface area contributed by atoms with Gasteiger partial charge in [0, 0.05) is 22.5 Å². The van der Waals surface area contributed by atoms with Crippen LogP contribution in [0.1, 0.15) is 34.6 Å². The lowest BCUT2D eigenvalue weighted by Gasteiger charge is -2.26. The number of para-hydroxylation sites is 1. The Balaban J connectivity index is 1.50. The summed E-state index contributed by atoms with van der Waals surface area (Å²) in [5.74, 6) is 0.529. The molecular formula is C26H25N3O4S2. The second-order valence-electron chi connectivity index (χ2n) is 7.98. The first kappa shape index (κ1) is 23.3. The minimum absolute atomic E-state index is 0.198. The smallest absolute Gasteiger partial charge is 0.410 e. The Hall–Kier alpha value is -3.43. The molecule has 0 aliphatic carbocycles. The summed E-state index contributed by atoms with van der Waals surface area (Å²) in [6.45, 7) is 5.65. The maximum absolute atomic E-state index is 13.2. The predicted molar refractivity (Wildman–Crippen MR) is 140 cm³/mol. The predicted octanol–water partition coefficient (Wildman–Crippen LogP) is 6.19. The highest BCUT2D eigenvalue weighted by atomic mass is 32.1. The molecule has 0 bridgehead atoms. The van der Waals surface area contributed by atoms with Gasteiger partial charge in [-0.1, -0.05) is 12.1 Å². The molecule has 1 aliphatic rings.